The maximum Gasteiger partial charge on any atom is 0.171 e. The predicted octanol–water partition coefficient (Wildman–Crippen LogP) is 1.54. The van der Waals surface area contributed by atoms with E-state index in [-0.39, 0.29) is 0 Å². The average molecular weight is 194 g/mol. The van der Waals surface area contributed by atoms with Crippen molar-refractivity contribution in [2.45, 2.75) is 26.8 Å². The van der Waals surface area contributed by atoms with Crippen LogP contribution < -0.4 is 10.6 Å². The summed E-state index contributed by atoms with van der Waals surface area (Å²) in [7, 11) is 1.99. The van der Waals surface area contributed by atoms with Crippen molar-refractivity contribution >= 4 is 11.6 Å². The fourth-order valence-corrected chi connectivity index (χ4v) is 1.25. The number of hydrogen-bond acceptors (Lipinski definition) is 4. The van der Waals surface area contributed by atoms with Gasteiger partial charge in [0.15, 0.2) is 11.6 Å². The van der Waals surface area contributed by atoms with Crippen LogP contribution in [0.25, 0.3) is 0 Å². The van der Waals surface area contributed by atoms with Gasteiger partial charge in [0.2, 0.25) is 0 Å². The molecule has 0 aromatic carbocycles. The van der Waals surface area contributed by atoms with E-state index in [4.69, 9.17) is 5.73 Å². The molecular weight excluding hydrogens is 176 g/mol. The molecule has 0 radical (unpaired) electrons. The number of nitrogen functional groups attached to an aromatic ring is 1. The molecule has 1 aromatic rings. The number of aromatic nitrogens is 2. The molecule has 0 saturated heterocycles. The van der Waals surface area contributed by atoms with E-state index in [0.29, 0.717) is 17.8 Å². The zero-order valence-corrected chi connectivity index (χ0v) is 9.23. The molecule has 1 rings (SSSR count). The molecule has 14 heavy (non-hydrogen) atoms. The van der Waals surface area contributed by atoms with Gasteiger partial charge in [0.25, 0.3) is 0 Å². The van der Waals surface area contributed by atoms with Gasteiger partial charge in [0.05, 0.1) is 0 Å². The normalized spacial score (nSPS) is 12.9. The van der Waals surface area contributed by atoms with Crippen LogP contribution in [0.2, 0.25) is 0 Å². The molecule has 78 valence electrons. The van der Waals surface area contributed by atoms with E-state index in [1.165, 1.54) is 0 Å². The summed E-state index contributed by atoms with van der Waals surface area (Å²) in [5, 5.41) is 0. The van der Waals surface area contributed by atoms with Crippen molar-refractivity contribution in [2.24, 2.45) is 5.92 Å². The van der Waals surface area contributed by atoms with Crippen LogP contribution in [0.1, 0.15) is 20.8 Å². The van der Waals surface area contributed by atoms with Crippen molar-refractivity contribution < 1.29 is 0 Å². The van der Waals surface area contributed by atoms with Crippen LogP contribution >= 0.6 is 0 Å². The summed E-state index contributed by atoms with van der Waals surface area (Å²) in [5.41, 5.74) is 5.74. The van der Waals surface area contributed by atoms with Crippen LogP contribution in [0.15, 0.2) is 12.4 Å². The highest BCUT2D eigenvalue weighted by Crippen LogP contribution is 2.20. The van der Waals surface area contributed by atoms with Crippen LogP contribution in [-0.2, 0) is 0 Å². The lowest BCUT2D eigenvalue weighted by Gasteiger charge is -2.29. The molecule has 2 N–H and O–H groups in total. The summed E-state index contributed by atoms with van der Waals surface area (Å²) in [6.45, 7) is 6.50. The topological polar surface area (TPSA) is 55.0 Å². The Morgan fingerprint density at radius 2 is 1.79 bits per heavy atom. The number of rotatable bonds is 3. The van der Waals surface area contributed by atoms with Crippen LogP contribution in [0.5, 0.6) is 0 Å². The number of anilines is 2. The van der Waals surface area contributed by atoms with Gasteiger partial charge in [-0.25, -0.2) is 9.97 Å². The fourth-order valence-electron chi connectivity index (χ4n) is 1.25. The molecule has 0 aliphatic carbocycles. The summed E-state index contributed by atoms with van der Waals surface area (Å²) >= 11 is 0. The first kappa shape index (κ1) is 10.8. The molecular formula is C10H18N4. The maximum absolute atomic E-state index is 5.74. The lowest BCUT2D eigenvalue weighted by atomic mass is 10.1. The predicted molar refractivity (Wildman–Crippen MR) is 59.1 cm³/mol. The first-order valence-corrected chi connectivity index (χ1v) is 4.83. The fraction of sp³-hybridized carbons (Fsp3) is 0.600. The van der Waals surface area contributed by atoms with Gasteiger partial charge in [-0.2, -0.15) is 0 Å². The van der Waals surface area contributed by atoms with Crippen molar-refractivity contribution in [3.63, 3.8) is 0 Å². The molecule has 4 nitrogen and oxygen atoms in total. The van der Waals surface area contributed by atoms with Gasteiger partial charge in [-0.1, -0.05) is 13.8 Å². The van der Waals surface area contributed by atoms with Gasteiger partial charge in [-0.15, -0.1) is 0 Å². The van der Waals surface area contributed by atoms with Crippen molar-refractivity contribution in [2.75, 3.05) is 17.7 Å². The minimum atomic E-state index is 0.397. The quantitative estimate of drug-likeness (QED) is 0.793. The Kier molecular flexibility index (Phi) is 3.28. The minimum absolute atomic E-state index is 0.397. The number of nitrogens with zero attached hydrogens (tertiary/aromatic N) is 3. The van der Waals surface area contributed by atoms with Gasteiger partial charge < -0.3 is 10.6 Å². The number of hydrogen-bond donors (Lipinski definition) is 1. The van der Waals surface area contributed by atoms with Crippen LogP contribution in [0.4, 0.5) is 11.6 Å². The molecule has 0 amide bonds. The lowest BCUT2D eigenvalue weighted by molar-refractivity contribution is 0.503. The van der Waals surface area contributed by atoms with E-state index in [0.717, 1.165) is 5.82 Å². The summed E-state index contributed by atoms with van der Waals surface area (Å²) in [6, 6.07) is 0.397. The van der Waals surface area contributed by atoms with Crippen LogP contribution in [0, 0.1) is 5.92 Å². The molecule has 0 bridgehead atoms. The molecule has 0 saturated carbocycles. The van der Waals surface area contributed by atoms with Gasteiger partial charge >= 0.3 is 0 Å². The van der Waals surface area contributed by atoms with Gasteiger partial charge in [0.1, 0.15) is 0 Å². The second kappa shape index (κ2) is 4.26. The third kappa shape index (κ3) is 2.13. The van der Waals surface area contributed by atoms with Crippen LogP contribution in [-0.4, -0.2) is 23.1 Å². The molecule has 1 unspecified atom stereocenters. The SMILES string of the molecule is CC(C)C(C)N(C)c1nccnc1N. The first-order chi connectivity index (χ1) is 6.54. The second-order valence-electron chi connectivity index (χ2n) is 3.86. The molecule has 4 heteroatoms. The van der Waals surface area contributed by atoms with E-state index < -0.39 is 0 Å². The monoisotopic (exact) mass is 194 g/mol. The Morgan fingerprint density at radius 1 is 1.21 bits per heavy atom. The Balaban J connectivity index is 2.89. The molecule has 1 atom stereocenters. The summed E-state index contributed by atoms with van der Waals surface area (Å²) in [4.78, 5) is 10.3. The van der Waals surface area contributed by atoms with Gasteiger partial charge in [0, 0.05) is 25.5 Å². The van der Waals surface area contributed by atoms with Crippen LogP contribution in [0.3, 0.4) is 0 Å². The van der Waals surface area contributed by atoms with Crippen molar-refractivity contribution in [1.82, 2.24) is 9.97 Å². The highest BCUT2D eigenvalue weighted by Gasteiger charge is 2.16. The zero-order valence-electron chi connectivity index (χ0n) is 9.23. The van der Waals surface area contributed by atoms with Crippen molar-refractivity contribution in [3.8, 4) is 0 Å². The highest BCUT2D eigenvalue weighted by atomic mass is 15.2. The largest absolute Gasteiger partial charge is 0.381 e. The van der Waals surface area contributed by atoms with Crippen molar-refractivity contribution in [1.29, 1.82) is 0 Å². The molecule has 0 fully saturated rings. The average Bonchev–Trinajstić information content (AvgIpc) is 2.16. The van der Waals surface area contributed by atoms with E-state index in [9.17, 15) is 0 Å². The van der Waals surface area contributed by atoms with Gasteiger partial charge in [-0.3, -0.25) is 0 Å². The molecule has 0 spiro atoms. The maximum atomic E-state index is 5.74. The van der Waals surface area contributed by atoms with E-state index in [2.05, 4.69) is 35.6 Å². The lowest BCUT2D eigenvalue weighted by Crippen LogP contribution is -2.34. The second-order valence-corrected chi connectivity index (χ2v) is 3.86. The Labute approximate surface area is 85.2 Å². The zero-order chi connectivity index (χ0) is 10.7. The highest BCUT2D eigenvalue weighted by molar-refractivity contribution is 5.57. The Morgan fingerprint density at radius 3 is 2.29 bits per heavy atom. The Hall–Kier alpha value is -1.32. The minimum Gasteiger partial charge on any atom is -0.381 e. The Bertz CT molecular complexity index is 298. The molecule has 1 heterocycles. The van der Waals surface area contributed by atoms with Crippen molar-refractivity contribution in [3.05, 3.63) is 12.4 Å². The summed E-state index contributed by atoms with van der Waals surface area (Å²) < 4.78 is 0. The summed E-state index contributed by atoms with van der Waals surface area (Å²) in [6.07, 6.45) is 3.27. The number of nitrogens with two attached hydrogens (primary N) is 1. The molecule has 0 aliphatic heterocycles. The van der Waals surface area contributed by atoms with Gasteiger partial charge in [-0.05, 0) is 12.8 Å². The summed E-state index contributed by atoms with van der Waals surface area (Å²) in [5.74, 6) is 1.80. The molecule has 0 aliphatic rings. The van der Waals surface area contributed by atoms with E-state index in [1.807, 2.05) is 7.05 Å². The molecule has 1 aromatic heterocycles. The first-order valence-electron chi connectivity index (χ1n) is 4.83. The third-order valence-electron chi connectivity index (χ3n) is 2.62. The smallest absolute Gasteiger partial charge is 0.171 e. The standard InChI is InChI=1S/C10H18N4/c1-7(2)8(3)14(4)10-9(11)12-5-6-13-10/h5-8H,1-4H3,(H2,11,12). The van der Waals surface area contributed by atoms with E-state index in [1.54, 1.807) is 12.4 Å². The van der Waals surface area contributed by atoms with E-state index >= 15 is 0 Å². The third-order valence-corrected chi connectivity index (χ3v) is 2.62.